The molecule has 8 aromatic rings. The molecule has 0 atom stereocenters. The zero-order chi connectivity index (χ0) is 36.1. The van der Waals surface area contributed by atoms with Gasteiger partial charge in [-0.1, -0.05) is 98.8 Å². The Balaban J connectivity index is 1.24. The summed E-state index contributed by atoms with van der Waals surface area (Å²) in [5.74, 6) is 0. The number of nitriles is 1. The maximum atomic E-state index is 9.49. The molecular formula is C49H34N4. The second-order valence-corrected chi connectivity index (χ2v) is 14.0. The average Bonchev–Trinajstić information content (AvgIpc) is 3.45. The maximum absolute atomic E-state index is 9.49. The molecule has 4 nitrogen and oxygen atoms in total. The van der Waals surface area contributed by atoms with Crippen LogP contribution in [0.2, 0.25) is 0 Å². The normalized spacial score (nSPS) is 12.5. The predicted octanol–water partition coefficient (Wildman–Crippen LogP) is 13.7. The van der Waals surface area contributed by atoms with E-state index in [-0.39, 0.29) is 5.41 Å². The molecule has 0 fully saturated rings. The lowest BCUT2D eigenvalue weighted by atomic mass is 9.79. The van der Waals surface area contributed by atoms with Crippen LogP contribution in [0.1, 0.15) is 30.5 Å². The van der Waals surface area contributed by atoms with Crippen molar-refractivity contribution in [2.75, 3.05) is 9.80 Å². The summed E-state index contributed by atoms with van der Waals surface area (Å²) in [5.41, 5.74) is 12.4. The van der Waals surface area contributed by atoms with Crippen molar-refractivity contribution in [3.8, 4) is 17.2 Å². The number of benzene rings is 8. The summed E-state index contributed by atoms with van der Waals surface area (Å²) >= 11 is 0. The smallest absolute Gasteiger partial charge is 0.187 e. The predicted molar refractivity (Wildman–Crippen MR) is 219 cm³/mol. The van der Waals surface area contributed by atoms with Crippen LogP contribution < -0.4 is 9.80 Å². The topological polar surface area (TPSA) is 34.6 Å². The second-order valence-electron chi connectivity index (χ2n) is 14.0. The Bertz CT molecular complexity index is 2750. The molecule has 0 unspecified atom stereocenters. The minimum atomic E-state index is -0.299. The van der Waals surface area contributed by atoms with Gasteiger partial charge in [0.1, 0.15) is 0 Å². The third-order valence-corrected chi connectivity index (χ3v) is 10.6. The first-order chi connectivity index (χ1) is 26.0. The highest BCUT2D eigenvalue weighted by Gasteiger charge is 2.39. The summed E-state index contributed by atoms with van der Waals surface area (Å²) in [5, 5.41) is 14.4. The van der Waals surface area contributed by atoms with E-state index in [0.717, 1.165) is 34.1 Å². The maximum Gasteiger partial charge on any atom is 0.187 e. The van der Waals surface area contributed by atoms with E-state index >= 15 is 0 Å². The van der Waals surface area contributed by atoms with Crippen LogP contribution in [0.15, 0.2) is 170 Å². The Hall–Kier alpha value is -7.14. The van der Waals surface area contributed by atoms with Crippen LogP contribution in [0, 0.1) is 17.9 Å². The molecule has 0 heterocycles. The van der Waals surface area contributed by atoms with E-state index in [0.29, 0.717) is 11.3 Å². The summed E-state index contributed by atoms with van der Waals surface area (Å²) in [7, 11) is 0. The Morgan fingerprint density at radius 2 is 1.02 bits per heavy atom. The van der Waals surface area contributed by atoms with Gasteiger partial charge in [0.25, 0.3) is 0 Å². The average molecular weight is 679 g/mol. The summed E-state index contributed by atoms with van der Waals surface area (Å²) < 4.78 is 0. The molecule has 0 spiro atoms. The number of anilines is 6. The first kappa shape index (κ1) is 31.8. The van der Waals surface area contributed by atoms with Gasteiger partial charge in [-0.05, 0) is 129 Å². The van der Waals surface area contributed by atoms with Crippen molar-refractivity contribution < 1.29 is 0 Å². The van der Waals surface area contributed by atoms with E-state index in [9.17, 15) is 5.26 Å². The van der Waals surface area contributed by atoms with Crippen molar-refractivity contribution in [2.45, 2.75) is 19.3 Å². The molecule has 0 saturated heterocycles. The number of hydrogen-bond acceptors (Lipinski definition) is 3. The van der Waals surface area contributed by atoms with Gasteiger partial charge in [0, 0.05) is 39.5 Å². The van der Waals surface area contributed by atoms with Crippen LogP contribution in [0.25, 0.3) is 37.5 Å². The van der Waals surface area contributed by atoms with Gasteiger partial charge in [0.15, 0.2) is 5.69 Å². The van der Waals surface area contributed by atoms with Gasteiger partial charge < -0.3 is 9.80 Å². The van der Waals surface area contributed by atoms with E-state index < -0.39 is 0 Å². The highest BCUT2D eigenvalue weighted by molar-refractivity contribution is 6.19. The second kappa shape index (κ2) is 12.6. The van der Waals surface area contributed by atoms with Crippen LogP contribution in [0.5, 0.6) is 0 Å². The molecule has 8 aromatic carbocycles. The summed E-state index contributed by atoms with van der Waals surface area (Å²) in [4.78, 5) is 8.16. The van der Waals surface area contributed by atoms with Gasteiger partial charge in [0.2, 0.25) is 0 Å². The van der Waals surface area contributed by atoms with E-state index in [1.165, 1.54) is 43.8 Å². The number of para-hydroxylation sites is 2. The fourth-order valence-corrected chi connectivity index (χ4v) is 8.20. The largest absolute Gasteiger partial charge is 0.311 e. The highest BCUT2D eigenvalue weighted by Crippen LogP contribution is 2.56. The van der Waals surface area contributed by atoms with Crippen molar-refractivity contribution >= 4 is 61.4 Å². The minimum Gasteiger partial charge on any atom is -0.311 e. The standard InChI is InChI=1S/C49H34N4/c1-49(2)46-31-40(53(36-14-8-5-9-15-36)37-22-18-33(32-50)19-23-37)27-29-44(46)47-42-17-11-10-16-41(42)45-30-39(26-28-43(45)48(47)49)52(35-12-6-4-7-13-35)38-24-20-34(51-3)21-25-38/h4-31H,1-2H3. The van der Waals surface area contributed by atoms with Crippen LogP contribution >= 0.6 is 0 Å². The highest BCUT2D eigenvalue weighted by atomic mass is 15.1. The Morgan fingerprint density at radius 1 is 0.509 bits per heavy atom. The van der Waals surface area contributed by atoms with E-state index in [2.05, 4.69) is 144 Å². The van der Waals surface area contributed by atoms with Gasteiger partial charge in [-0.3, -0.25) is 0 Å². The van der Waals surface area contributed by atoms with Crippen molar-refractivity contribution in [1.82, 2.24) is 0 Å². The number of nitrogens with zero attached hydrogens (tertiary/aromatic N) is 4. The van der Waals surface area contributed by atoms with Crippen molar-refractivity contribution in [1.29, 1.82) is 5.26 Å². The van der Waals surface area contributed by atoms with E-state index in [1.54, 1.807) is 0 Å². The minimum absolute atomic E-state index is 0.299. The fourth-order valence-electron chi connectivity index (χ4n) is 8.20. The monoisotopic (exact) mass is 678 g/mol. The molecule has 0 N–H and O–H groups in total. The van der Waals surface area contributed by atoms with Crippen LogP contribution in [-0.2, 0) is 5.41 Å². The lowest BCUT2D eigenvalue weighted by Crippen LogP contribution is -2.17. The van der Waals surface area contributed by atoms with Crippen LogP contribution in [0.4, 0.5) is 39.8 Å². The fraction of sp³-hybridized carbons (Fsp3) is 0.0612. The van der Waals surface area contributed by atoms with E-state index in [4.69, 9.17) is 6.57 Å². The molecule has 0 radical (unpaired) electrons. The first-order valence-electron chi connectivity index (χ1n) is 17.8. The molecule has 1 aliphatic rings. The Morgan fingerprint density at radius 3 is 1.62 bits per heavy atom. The summed E-state index contributed by atoms with van der Waals surface area (Å²) in [6, 6.07) is 61.3. The Labute approximate surface area is 309 Å². The molecule has 53 heavy (non-hydrogen) atoms. The first-order valence-corrected chi connectivity index (χ1v) is 17.8. The molecule has 0 bridgehead atoms. The van der Waals surface area contributed by atoms with Gasteiger partial charge in [0.05, 0.1) is 18.2 Å². The van der Waals surface area contributed by atoms with Gasteiger partial charge in [-0.15, -0.1) is 0 Å². The molecule has 9 rings (SSSR count). The quantitative estimate of drug-likeness (QED) is 0.130. The molecule has 1 aliphatic carbocycles. The molecule has 0 aromatic heterocycles. The number of rotatable bonds is 6. The zero-order valence-electron chi connectivity index (χ0n) is 29.5. The SMILES string of the molecule is [C-]#[N+]c1ccc(N(c2ccccc2)c2ccc3c4c(c5ccccc5c3c2)-c2ccc(N(c3ccccc3)c3ccc(C#N)cc3)cc2C4(C)C)cc1. The van der Waals surface area contributed by atoms with Crippen molar-refractivity contribution in [2.24, 2.45) is 0 Å². The lowest BCUT2D eigenvalue weighted by Gasteiger charge is -2.29. The van der Waals surface area contributed by atoms with E-state index in [1.807, 2.05) is 60.7 Å². The number of fused-ring (bicyclic) bond motifs is 8. The van der Waals surface area contributed by atoms with Crippen molar-refractivity contribution in [3.05, 3.63) is 198 Å². The molecular weight excluding hydrogens is 645 g/mol. The van der Waals surface area contributed by atoms with Gasteiger partial charge >= 0.3 is 0 Å². The summed E-state index contributed by atoms with van der Waals surface area (Å²) in [6.07, 6.45) is 0. The van der Waals surface area contributed by atoms with Gasteiger partial charge in [-0.25, -0.2) is 4.85 Å². The molecule has 0 amide bonds. The lowest BCUT2D eigenvalue weighted by molar-refractivity contribution is 0.666. The molecule has 250 valence electrons. The van der Waals surface area contributed by atoms with Crippen molar-refractivity contribution in [3.63, 3.8) is 0 Å². The third kappa shape index (κ3) is 5.20. The zero-order valence-corrected chi connectivity index (χ0v) is 29.5. The summed E-state index contributed by atoms with van der Waals surface area (Å²) in [6.45, 7) is 12.2. The van der Waals surface area contributed by atoms with Crippen LogP contribution in [0.3, 0.4) is 0 Å². The Kier molecular flexibility index (Phi) is 7.54. The van der Waals surface area contributed by atoms with Gasteiger partial charge in [-0.2, -0.15) is 5.26 Å². The third-order valence-electron chi connectivity index (χ3n) is 10.6. The molecule has 0 saturated carbocycles. The van der Waals surface area contributed by atoms with Crippen LogP contribution in [-0.4, -0.2) is 0 Å². The molecule has 4 heteroatoms. The molecule has 0 aliphatic heterocycles. The number of hydrogen-bond donors (Lipinski definition) is 0.